The summed E-state index contributed by atoms with van der Waals surface area (Å²) in [5, 5.41) is 12.5. The van der Waals surface area contributed by atoms with Gasteiger partial charge in [0.05, 0.1) is 18.0 Å². The van der Waals surface area contributed by atoms with E-state index in [1.165, 1.54) is 27.8 Å². The number of benzene rings is 4. The molecule has 0 aliphatic carbocycles. The molecular weight excluding hydrogens is 464 g/mol. The summed E-state index contributed by atoms with van der Waals surface area (Å²) in [7, 11) is 0. The Kier molecular flexibility index (Phi) is 8.18. The van der Waals surface area contributed by atoms with Gasteiger partial charge >= 0.3 is 0 Å². The SMILES string of the molecule is Cl.N#Cc1ccc(Cc2cncn2Cc2ccc(-c3ccccc3CNc3ccccc3)cc2)cc1. The number of hydrogen-bond acceptors (Lipinski definition) is 3. The first-order valence-corrected chi connectivity index (χ1v) is 11.7. The van der Waals surface area contributed by atoms with Crippen molar-refractivity contribution >= 4 is 18.1 Å². The summed E-state index contributed by atoms with van der Waals surface area (Å²) in [5.41, 5.74) is 9.07. The quantitative estimate of drug-likeness (QED) is 0.252. The Morgan fingerprint density at radius 2 is 1.47 bits per heavy atom. The van der Waals surface area contributed by atoms with Crippen LogP contribution in [0.4, 0.5) is 5.69 Å². The van der Waals surface area contributed by atoms with Crippen LogP contribution in [-0.2, 0) is 19.5 Å². The summed E-state index contributed by atoms with van der Waals surface area (Å²) in [4.78, 5) is 4.37. The van der Waals surface area contributed by atoms with E-state index in [0.717, 1.165) is 30.9 Å². The highest BCUT2D eigenvalue weighted by Gasteiger charge is 2.08. The molecule has 0 aliphatic heterocycles. The third-order valence-corrected chi connectivity index (χ3v) is 6.16. The fraction of sp³-hybridized carbons (Fsp3) is 0.0968. The van der Waals surface area contributed by atoms with E-state index in [1.807, 2.05) is 55.0 Å². The summed E-state index contributed by atoms with van der Waals surface area (Å²) >= 11 is 0. The summed E-state index contributed by atoms with van der Waals surface area (Å²) in [6, 6.07) is 37.6. The lowest BCUT2D eigenvalue weighted by Gasteiger charge is -2.13. The number of nitrogens with one attached hydrogen (secondary N) is 1. The molecule has 1 aromatic heterocycles. The molecule has 1 heterocycles. The van der Waals surface area contributed by atoms with Crippen LogP contribution in [0, 0.1) is 11.3 Å². The zero-order chi connectivity index (χ0) is 23.9. The van der Waals surface area contributed by atoms with E-state index in [-0.39, 0.29) is 12.4 Å². The fourth-order valence-corrected chi connectivity index (χ4v) is 4.24. The Bertz CT molecular complexity index is 1430. The molecular formula is C31H27ClN4. The van der Waals surface area contributed by atoms with E-state index in [9.17, 15) is 0 Å². The smallest absolute Gasteiger partial charge is 0.0991 e. The summed E-state index contributed by atoms with van der Waals surface area (Å²) in [5.74, 6) is 0. The number of rotatable bonds is 8. The number of nitrogens with zero attached hydrogens (tertiary/aromatic N) is 3. The zero-order valence-corrected chi connectivity index (χ0v) is 20.7. The second-order valence-corrected chi connectivity index (χ2v) is 8.57. The van der Waals surface area contributed by atoms with Gasteiger partial charge in [-0.15, -0.1) is 12.4 Å². The molecule has 0 unspecified atom stereocenters. The average molecular weight is 491 g/mol. The van der Waals surface area contributed by atoms with Crippen molar-refractivity contribution in [2.45, 2.75) is 19.5 Å². The van der Waals surface area contributed by atoms with E-state index >= 15 is 0 Å². The van der Waals surface area contributed by atoms with Gasteiger partial charge < -0.3 is 9.88 Å². The molecule has 4 aromatic carbocycles. The Morgan fingerprint density at radius 1 is 0.778 bits per heavy atom. The predicted octanol–water partition coefficient (Wildman–Crippen LogP) is 7.09. The van der Waals surface area contributed by atoms with Gasteiger partial charge in [0, 0.05) is 37.1 Å². The number of imidazole rings is 1. The highest BCUT2D eigenvalue weighted by molar-refractivity contribution is 5.85. The Morgan fingerprint density at radius 3 is 2.22 bits per heavy atom. The van der Waals surface area contributed by atoms with E-state index in [2.05, 4.69) is 81.6 Å². The van der Waals surface area contributed by atoms with Crippen molar-refractivity contribution in [3.05, 3.63) is 144 Å². The highest BCUT2D eigenvalue weighted by atomic mass is 35.5. The van der Waals surface area contributed by atoms with E-state index in [4.69, 9.17) is 5.26 Å². The van der Waals surface area contributed by atoms with Gasteiger partial charge in [0.2, 0.25) is 0 Å². The first kappa shape index (κ1) is 24.8. The molecule has 36 heavy (non-hydrogen) atoms. The lowest BCUT2D eigenvalue weighted by Crippen LogP contribution is -2.04. The molecule has 0 saturated heterocycles. The standard InChI is InChI=1S/C31H26N4.ClH/c32-19-25-12-10-24(11-13-25)18-30-21-33-23-35(30)22-26-14-16-27(17-15-26)31-9-5-4-6-28(31)20-34-29-7-2-1-3-8-29;/h1-17,21,23,34H,18,20,22H2;1H. The van der Waals surface area contributed by atoms with Crippen molar-refractivity contribution in [3.8, 4) is 17.2 Å². The van der Waals surface area contributed by atoms with Crippen LogP contribution in [0.5, 0.6) is 0 Å². The van der Waals surface area contributed by atoms with E-state index < -0.39 is 0 Å². The van der Waals surface area contributed by atoms with Crippen LogP contribution >= 0.6 is 12.4 Å². The molecule has 0 spiro atoms. The van der Waals surface area contributed by atoms with E-state index in [1.54, 1.807) is 0 Å². The molecule has 178 valence electrons. The van der Waals surface area contributed by atoms with Crippen LogP contribution in [-0.4, -0.2) is 9.55 Å². The van der Waals surface area contributed by atoms with Crippen LogP contribution in [0.15, 0.2) is 116 Å². The van der Waals surface area contributed by atoms with Gasteiger partial charge in [0.1, 0.15) is 0 Å². The molecule has 0 aliphatic rings. The van der Waals surface area contributed by atoms with E-state index in [0.29, 0.717) is 5.56 Å². The van der Waals surface area contributed by atoms with Gasteiger partial charge in [-0.3, -0.25) is 0 Å². The third-order valence-electron chi connectivity index (χ3n) is 6.16. The maximum absolute atomic E-state index is 9.01. The second-order valence-electron chi connectivity index (χ2n) is 8.57. The molecule has 0 amide bonds. The van der Waals surface area contributed by atoms with Crippen LogP contribution < -0.4 is 5.32 Å². The lowest BCUT2D eigenvalue weighted by atomic mass is 9.98. The molecule has 0 radical (unpaired) electrons. The highest BCUT2D eigenvalue weighted by Crippen LogP contribution is 2.25. The summed E-state index contributed by atoms with van der Waals surface area (Å²) in [6.07, 6.45) is 4.59. The van der Waals surface area contributed by atoms with Crippen molar-refractivity contribution < 1.29 is 0 Å². The maximum atomic E-state index is 9.01. The number of para-hydroxylation sites is 1. The minimum atomic E-state index is 0. The monoisotopic (exact) mass is 490 g/mol. The minimum absolute atomic E-state index is 0. The van der Waals surface area contributed by atoms with Crippen molar-refractivity contribution in [3.63, 3.8) is 0 Å². The molecule has 0 saturated carbocycles. The maximum Gasteiger partial charge on any atom is 0.0991 e. The van der Waals surface area contributed by atoms with Gasteiger partial charge in [-0.1, -0.05) is 78.9 Å². The van der Waals surface area contributed by atoms with Gasteiger partial charge in [-0.05, 0) is 52.1 Å². The first-order chi connectivity index (χ1) is 17.3. The third kappa shape index (κ3) is 6.02. The molecule has 5 rings (SSSR count). The predicted molar refractivity (Wildman–Crippen MR) is 148 cm³/mol. The zero-order valence-electron chi connectivity index (χ0n) is 19.8. The van der Waals surface area contributed by atoms with Crippen molar-refractivity contribution in [1.82, 2.24) is 9.55 Å². The fourth-order valence-electron chi connectivity index (χ4n) is 4.24. The van der Waals surface area contributed by atoms with Crippen LogP contribution in [0.3, 0.4) is 0 Å². The Labute approximate surface area is 218 Å². The van der Waals surface area contributed by atoms with Crippen LogP contribution in [0.1, 0.15) is 27.9 Å². The van der Waals surface area contributed by atoms with Crippen LogP contribution in [0.2, 0.25) is 0 Å². The molecule has 0 bridgehead atoms. The number of aromatic nitrogens is 2. The molecule has 0 fully saturated rings. The van der Waals surface area contributed by atoms with Gasteiger partial charge in [0.25, 0.3) is 0 Å². The minimum Gasteiger partial charge on any atom is -0.381 e. The number of anilines is 1. The topological polar surface area (TPSA) is 53.6 Å². The molecule has 5 heteroatoms. The lowest BCUT2D eigenvalue weighted by molar-refractivity contribution is 0.753. The summed E-state index contributed by atoms with van der Waals surface area (Å²) < 4.78 is 2.19. The Hall–Kier alpha value is -4.33. The molecule has 4 nitrogen and oxygen atoms in total. The van der Waals surface area contributed by atoms with Gasteiger partial charge in [0.15, 0.2) is 0 Å². The molecule has 5 aromatic rings. The number of hydrogen-bond donors (Lipinski definition) is 1. The van der Waals surface area contributed by atoms with Crippen molar-refractivity contribution in [2.75, 3.05) is 5.32 Å². The average Bonchev–Trinajstić information content (AvgIpc) is 3.35. The van der Waals surface area contributed by atoms with Gasteiger partial charge in [-0.25, -0.2) is 4.98 Å². The second kappa shape index (κ2) is 11.9. The van der Waals surface area contributed by atoms with Crippen molar-refractivity contribution in [1.29, 1.82) is 5.26 Å². The first-order valence-electron chi connectivity index (χ1n) is 11.7. The van der Waals surface area contributed by atoms with Crippen LogP contribution in [0.25, 0.3) is 11.1 Å². The summed E-state index contributed by atoms with van der Waals surface area (Å²) in [6.45, 7) is 1.54. The normalized spacial score (nSPS) is 10.3. The molecule has 0 atom stereocenters. The number of nitriles is 1. The Balaban J connectivity index is 0.00000304. The number of halogens is 1. The van der Waals surface area contributed by atoms with Gasteiger partial charge in [-0.2, -0.15) is 5.26 Å². The molecule has 1 N–H and O–H groups in total. The largest absolute Gasteiger partial charge is 0.381 e. The van der Waals surface area contributed by atoms with Crippen molar-refractivity contribution in [2.24, 2.45) is 0 Å².